The summed E-state index contributed by atoms with van der Waals surface area (Å²) in [6.45, 7) is 1.04. The van der Waals surface area contributed by atoms with Crippen LogP contribution < -0.4 is 5.32 Å². The molecule has 3 rings (SSSR count). The molecular weight excluding hydrogens is 249 g/mol. The third-order valence-corrected chi connectivity index (χ3v) is 4.17. The molecule has 1 aliphatic rings. The zero-order valence-corrected chi connectivity index (χ0v) is 11.6. The summed E-state index contributed by atoms with van der Waals surface area (Å²) >= 11 is 0. The molecule has 0 radical (unpaired) electrons. The zero-order chi connectivity index (χ0) is 13.8. The molecule has 1 aliphatic carbocycles. The molecule has 1 fully saturated rings. The average molecular weight is 269 g/mol. The van der Waals surface area contributed by atoms with E-state index in [1.165, 1.54) is 37.0 Å². The van der Waals surface area contributed by atoms with Gasteiger partial charge in [0.25, 0.3) is 0 Å². The number of rotatable bonds is 5. The van der Waals surface area contributed by atoms with Crippen molar-refractivity contribution in [2.75, 3.05) is 6.54 Å². The summed E-state index contributed by atoms with van der Waals surface area (Å²) in [4.78, 5) is 0. The van der Waals surface area contributed by atoms with Crippen LogP contribution in [0.1, 0.15) is 36.4 Å². The fourth-order valence-corrected chi connectivity index (χ4v) is 2.71. The Bertz CT molecular complexity index is 531. The van der Waals surface area contributed by atoms with E-state index in [4.69, 9.17) is 0 Å². The Morgan fingerprint density at radius 1 is 0.950 bits per heavy atom. The molecular formula is C18H20FN. The number of halogens is 1. The second kappa shape index (κ2) is 6.19. The van der Waals surface area contributed by atoms with Gasteiger partial charge in [0.1, 0.15) is 5.82 Å². The summed E-state index contributed by atoms with van der Waals surface area (Å²) in [6.07, 6.45) is 4.02. The molecule has 1 nitrogen and oxygen atoms in total. The van der Waals surface area contributed by atoms with Crippen molar-refractivity contribution in [1.82, 2.24) is 5.32 Å². The number of hydrogen-bond acceptors (Lipinski definition) is 1. The van der Waals surface area contributed by atoms with Gasteiger partial charge in [-0.1, -0.05) is 48.9 Å². The van der Waals surface area contributed by atoms with Crippen molar-refractivity contribution in [3.63, 3.8) is 0 Å². The lowest BCUT2D eigenvalue weighted by Crippen LogP contribution is -2.31. The van der Waals surface area contributed by atoms with Crippen molar-refractivity contribution in [1.29, 1.82) is 0 Å². The van der Waals surface area contributed by atoms with Crippen LogP contribution in [0.25, 0.3) is 0 Å². The van der Waals surface area contributed by atoms with Gasteiger partial charge in [0, 0.05) is 0 Å². The predicted molar refractivity (Wildman–Crippen MR) is 80.0 cm³/mol. The minimum Gasteiger partial charge on any atom is -0.306 e. The van der Waals surface area contributed by atoms with Crippen molar-refractivity contribution in [2.45, 2.75) is 25.3 Å². The summed E-state index contributed by atoms with van der Waals surface area (Å²) < 4.78 is 13.1. The molecule has 1 saturated carbocycles. The van der Waals surface area contributed by atoms with Crippen LogP contribution in [0.15, 0.2) is 54.6 Å². The van der Waals surface area contributed by atoms with Crippen LogP contribution in [0.5, 0.6) is 0 Å². The monoisotopic (exact) mass is 269 g/mol. The summed E-state index contributed by atoms with van der Waals surface area (Å²) in [5, 5.41) is 3.65. The van der Waals surface area contributed by atoms with Crippen LogP contribution in [0.4, 0.5) is 4.39 Å². The van der Waals surface area contributed by atoms with Gasteiger partial charge in [-0.2, -0.15) is 0 Å². The molecule has 2 aromatic rings. The highest BCUT2D eigenvalue weighted by molar-refractivity contribution is 5.31. The molecule has 0 bridgehead atoms. The smallest absolute Gasteiger partial charge is 0.123 e. The van der Waals surface area contributed by atoms with E-state index in [0.29, 0.717) is 0 Å². The van der Waals surface area contributed by atoms with E-state index >= 15 is 0 Å². The van der Waals surface area contributed by atoms with Crippen LogP contribution in [-0.4, -0.2) is 6.54 Å². The lowest BCUT2D eigenvalue weighted by atomic mass is 9.85. The van der Waals surface area contributed by atoms with E-state index in [9.17, 15) is 4.39 Å². The second-order valence-corrected chi connectivity index (χ2v) is 5.60. The first-order valence-electron chi connectivity index (χ1n) is 7.37. The Labute approximate surface area is 119 Å². The van der Waals surface area contributed by atoms with Crippen LogP contribution in [-0.2, 0) is 0 Å². The van der Waals surface area contributed by atoms with Gasteiger partial charge >= 0.3 is 0 Å². The summed E-state index contributed by atoms with van der Waals surface area (Å²) in [5.74, 6) is 0.626. The van der Waals surface area contributed by atoms with Crippen LogP contribution in [0.2, 0.25) is 0 Å². The molecule has 0 aromatic heterocycles. The third-order valence-electron chi connectivity index (χ3n) is 4.17. The molecule has 1 N–H and O–H groups in total. The minimum absolute atomic E-state index is 0.150. The van der Waals surface area contributed by atoms with Gasteiger partial charge in [0.15, 0.2) is 0 Å². The Kier molecular flexibility index (Phi) is 4.12. The maximum absolute atomic E-state index is 13.1. The van der Waals surface area contributed by atoms with E-state index in [-0.39, 0.29) is 11.9 Å². The highest BCUT2D eigenvalue weighted by Crippen LogP contribution is 2.28. The van der Waals surface area contributed by atoms with E-state index in [0.717, 1.165) is 18.0 Å². The fraction of sp³-hybridized carbons (Fsp3) is 0.333. The minimum atomic E-state index is -0.181. The van der Waals surface area contributed by atoms with Gasteiger partial charge < -0.3 is 5.32 Å². The average Bonchev–Trinajstić information content (AvgIpc) is 2.44. The van der Waals surface area contributed by atoms with Crippen molar-refractivity contribution in [3.8, 4) is 0 Å². The standard InChI is InChI=1S/C18H20FN/c19-17-11-9-16(10-12-17)18(15-7-2-1-3-8-15)20-13-14-5-4-6-14/h1-3,7-12,14,18,20H,4-6,13H2. The Morgan fingerprint density at radius 2 is 1.60 bits per heavy atom. The molecule has 2 aromatic carbocycles. The van der Waals surface area contributed by atoms with Crippen molar-refractivity contribution in [2.24, 2.45) is 5.92 Å². The molecule has 0 heterocycles. The lowest BCUT2D eigenvalue weighted by molar-refractivity contribution is 0.295. The van der Waals surface area contributed by atoms with Crippen LogP contribution >= 0.6 is 0 Å². The summed E-state index contributed by atoms with van der Waals surface area (Å²) in [6, 6.07) is 17.4. The Hall–Kier alpha value is -1.67. The first-order chi connectivity index (χ1) is 9.83. The first kappa shape index (κ1) is 13.3. The van der Waals surface area contributed by atoms with Crippen molar-refractivity contribution >= 4 is 0 Å². The van der Waals surface area contributed by atoms with Gasteiger partial charge in [-0.25, -0.2) is 4.39 Å². The maximum atomic E-state index is 13.1. The predicted octanol–water partition coefficient (Wildman–Crippen LogP) is 4.30. The summed E-state index contributed by atoms with van der Waals surface area (Å²) in [7, 11) is 0. The number of benzene rings is 2. The van der Waals surface area contributed by atoms with Gasteiger partial charge in [0.05, 0.1) is 6.04 Å². The van der Waals surface area contributed by atoms with Crippen LogP contribution in [0.3, 0.4) is 0 Å². The van der Waals surface area contributed by atoms with E-state index in [1.807, 2.05) is 18.2 Å². The number of nitrogens with one attached hydrogen (secondary N) is 1. The molecule has 1 atom stereocenters. The maximum Gasteiger partial charge on any atom is 0.123 e. The van der Waals surface area contributed by atoms with Crippen molar-refractivity contribution < 1.29 is 4.39 Å². The highest BCUT2D eigenvalue weighted by atomic mass is 19.1. The second-order valence-electron chi connectivity index (χ2n) is 5.60. The van der Waals surface area contributed by atoms with E-state index in [1.54, 1.807) is 0 Å². The lowest BCUT2D eigenvalue weighted by Gasteiger charge is -2.29. The largest absolute Gasteiger partial charge is 0.306 e. The van der Waals surface area contributed by atoms with Crippen molar-refractivity contribution in [3.05, 3.63) is 71.5 Å². The van der Waals surface area contributed by atoms with Gasteiger partial charge in [-0.05, 0) is 48.6 Å². The molecule has 20 heavy (non-hydrogen) atoms. The van der Waals surface area contributed by atoms with E-state index < -0.39 is 0 Å². The highest BCUT2D eigenvalue weighted by Gasteiger charge is 2.20. The quantitative estimate of drug-likeness (QED) is 0.853. The topological polar surface area (TPSA) is 12.0 Å². The molecule has 0 aliphatic heterocycles. The Morgan fingerprint density at radius 3 is 2.20 bits per heavy atom. The zero-order valence-electron chi connectivity index (χ0n) is 11.6. The van der Waals surface area contributed by atoms with Gasteiger partial charge in [-0.15, -0.1) is 0 Å². The normalized spacial score (nSPS) is 16.6. The molecule has 0 saturated heterocycles. The first-order valence-corrected chi connectivity index (χ1v) is 7.37. The molecule has 0 amide bonds. The molecule has 2 heteroatoms. The summed E-state index contributed by atoms with van der Waals surface area (Å²) in [5.41, 5.74) is 2.36. The van der Waals surface area contributed by atoms with Gasteiger partial charge in [-0.3, -0.25) is 0 Å². The van der Waals surface area contributed by atoms with Crippen LogP contribution in [0, 0.1) is 11.7 Å². The molecule has 104 valence electrons. The van der Waals surface area contributed by atoms with E-state index in [2.05, 4.69) is 29.6 Å². The Balaban J connectivity index is 1.80. The molecule has 1 unspecified atom stereocenters. The third kappa shape index (κ3) is 3.07. The fourth-order valence-electron chi connectivity index (χ4n) is 2.71. The molecule has 0 spiro atoms. The SMILES string of the molecule is Fc1ccc(C(NCC2CCC2)c2ccccc2)cc1. The van der Waals surface area contributed by atoms with Gasteiger partial charge in [0.2, 0.25) is 0 Å². The number of hydrogen-bond donors (Lipinski definition) is 1.